The Kier molecular flexibility index (Phi) is 34.9. The fourth-order valence-electron chi connectivity index (χ4n) is 6.08. The number of rotatable bonds is 36. The Morgan fingerprint density at radius 3 is 0.822 bits per heavy atom. The molecule has 0 rings (SSSR count). The van der Waals surface area contributed by atoms with Gasteiger partial charge in [0.2, 0.25) is 0 Å². The van der Waals surface area contributed by atoms with Gasteiger partial charge in [0.25, 0.3) is 0 Å². The van der Waals surface area contributed by atoms with Crippen LogP contribution in [0.25, 0.3) is 0 Å². The van der Waals surface area contributed by atoms with E-state index in [2.05, 4.69) is 27.7 Å². The highest BCUT2D eigenvalue weighted by Gasteiger charge is 2.05. The molecule has 0 aliphatic heterocycles. The predicted molar refractivity (Wildman–Crippen MR) is 195 cm³/mol. The fraction of sp³-hybridized carbons (Fsp3) is 0.951. The van der Waals surface area contributed by atoms with E-state index < -0.39 is 0 Å². The first-order valence-electron chi connectivity index (χ1n) is 20.2. The molecule has 0 aliphatic carbocycles. The van der Waals surface area contributed by atoms with Crippen molar-refractivity contribution in [3.05, 3.63) is 0 Å². The van der Waals surface area contributed by atoms with Crippen LogP contribution in [0.4, 0.5) is 0 Å². The number of carbonyl (C=O) groups is 2. The smallest absolute Gasteiger partial charge is 0.305 e. The van der Waals surface area contributed by atoms with E-state index >= 15 is 0 Å². The van der Waals surface area contributed by atoms with E-state index in [4.69, 9.17) is 9.47 Å². The molecule has 268 valence electrons. The second-order valence-corrected chi connectivity index (χ2v) is 14.9. The molecule has 0 heterocycles. The van der Waals surface area contributed by atoms with Crippen LogP contribution in [0.5, 0.6) is 0 Å². The largest absolute Gasteiger partial charge is 0.466 e. The Labute approximate surface area is 282 Å². The van der Waals surface area contributed by atoms with Gasteiger partial charge in [0, 0.05) is 12.8 Å². The average molecular weight is 637 g/mol. The van der Waals surface area contributed by atoms with Crippen LogP contribution in [0.15, 0.2) is 0 Å². The van der Waals surface area contributed by atoms with Crippen LogP contribution in [0.3, 0.4) is 0 Å². The summed E-state index contributed by atoms with van der Waals surface area (Å²) in [6, 6.07) is 0. The molecule has 0 aromatic heterocycles. The van der Waals surface area contributed by atoms with E-state index in [-0.39, 0.29) is 11.9 Å². The number of ether oxygens (including phenoxy) is 2. The SMILES string of the molecule is CC(C)CCCCCCCCCCCCCOC(=O)CCCCCCCC(=O)OCCCCCCCCCCCCCC(C)C. The molecule has 0 N–H and O–H groups in total. The topological polar surface area (TPSA) is 52.6 Å². The van der Waals surface area contributed by atoms with E-state index in [1.165, 1.54) is 141 Å². The maximum Gasteiger partial charge on any atom is 0.305 e. The maximum absolute atomic E-state index is 12.0. The summed E-state index contributed by atoms with van der Waals surface area (Å²) in [6.45, 7) is 10.4. The number of unbranched alkanes of at least 4 members (excludes halogenated alkanes) is 24. The van der Waals surface area contributed by atoms with Crippen molar-refractivity contribution in [3.8, 4) is 0 Å². The van der Waals surface area contributed by atoms with Gasteiger partial charge in [-0.1, -0.05) is 188 Å². The summed E-state index contributed by atoms with van der Waals surface area (Å²) >= 11 is 0. The van der Waals surface area contributed by atoms with Gasteiger partial charge in [-0.05, 0) is 37.5 Å². The summed E-state index contributed by atoms with van der Waals surface area (Å²) in [6.07, 6.45) is 37.7. The summed E-state index contributed by atoms with van der Waals surface area (Å²) in [5.74, 6) is 1.62. The van der Waals surface area contributed by atoms with Crippen molar-refractivity contribution < 1.29 is 19.1 Å². The molecule has 0 radical (unpaired) electrons. The van der Waals surface area contributed by atoms with E-state index in [0.717, 1.165) is 56.8 Å². The molecule has 0 atom stereocenters. The number of hydrogen-bond acceptors (Lipinski definition) is 4. The highest BCUT2D eigenvalue weighted by Crippen LogP contribution is 2.16. The molecule has 0 bridgehead atoms. The zero-order chi connectivity index (χ0) is 33.1. The summed E-state index contributed by atoms with van der Waals surface area (Å²) in [5, 5.41) is 0. The highest BCUT2D eigenvalue weighted by atomic mass is 16.5. The van der Waals surface area contributed by atoms with Crippen LogP contribution < -0.4 is 0 Å². The number of hydrogen-bond donors (Lipinski definition) is 0. The van der Waals surface area contributed by atoms with Crippen LogP contribution in [-0.4, -0.2) is 25.2 Å². The quantitative estimate of drug-likeness (QED) is 0.0507. The Hall–Kier alpha value is -1.06. The van der Waals surface area contributed by atoms with Crippen LogP contribution in [0, 0.1) is 11.8 Å². The minimum absolute atomic E-state index is 0.0464. The molecule has 4 heteroatoms. The normalized spacial score (nSPS) is 11.5. The molecule has 4 nitrogen and oxygen atoms in total. The molecule has 0 spiro atoms. The predicted octanol–water partition coefficient (Wildman–Crippen LogP) is 13.5. The average Bonchev–Trinajstić information content (AvgIpc) is 3.00. The Balaban J connectivity index is 3.26. The Bertz CT molecular complexity index is 563. The van der Waals surface area contributed by atoms with Gasteiger partial charge in [0.1, 0.15) is 0 Å². The fourth-order valence-corrected chi connectivity index (χ4v) is 6.08. The minimum Gasteiger partial charge on any atom is -0.466 e. The van der Waals surface area contributed by atoms with Crippen LogP contribution in [0.2, 0.25) is 0 Å². The summed E-state index contributed by atoms with van der Waals surface area (Å²) in [5.41, 5.74) is 0. The zero-order valence-corrected chi connectivity index (χ0v) is 31.1. The molecule has 0 aromatic carbocycles. The first-order valence-corrected chi connectivity index (χ1v) is 20.2. The van der Waals surface area contributed by atoms with Crippen molar-refractivity contribution in [2.24, 2.45) is 11.8 Å². The third-order valence-corrected chi connectivity index (χ3v) is 9.14. The molecule has 0 saturated heterocycles. The lowest BCUT2D eigenvalue weighted by Gasteiger charge is -2.06. The van der Waals surface area contributed by atoms with Crippen molar-refractivity contribution in [3.63, 3.8) is 0 Å². The van der Waals surface area contributed by atoms with Crippen LogP contribution >= 0.6 is 0 Å². The third-order valence-electron chi connectivity index (χ3n) is 9.14. The lowest BCUT2D eigenvalue weighted by atomic mass is 10.0. The number of esters is 2. The van der Waals surface area contributed by atoms with Gasteiger partial charge in [-0.25, -0.2) is 0 Å². The summed E-state index contributed by atoms with van der Waals surface area (Å²) < 4.78 is 10.8. The maximum atomic E-state index is 12.0. The van der Waals surface area contributed by atoms with Gasteiger partial charge in [0.15, 0.2) is 0 Å². The van der Waals surface area contributed by atoms with Crippen LogP contribution in [0.1, 0.15) is 227 Å². The van der Waals surface area contributed by atoms with Gasteiger partial charge >= 0.3 is 11.9 Å². The van der Waals surface area contributed by atoms with E-state index in [1.54, 1.807) is 0 Å². The molecule has 0 unspecified atom stereocenters. The molecular formula is C41H80O4. The lowest BCUT2D eigenvalue weighted by molar-refractivity contribution is -0.144. The van der Waals surface area contributed by atoms with E-state index in [9.17, 15) is 9.59 Å². The summed E-state index contributed by atoms with van der Waals surface area (Å²) in [4.78, 5) is 23.9. The summed E-state index contributed by atoms with van der Waals surface area (Å²) in [7, 11) is 0. The molecule has 45 heavy (non-hydrogen) atoms. The van der Waals surface area contributed by atoms with E-state index in [0.29, 0.717) is 26.1 Å². The van der Waals surface area contributed by atoms with Gasteiger partial charge < -0.3 is 9.47 Å². The van der Waals surface area contributed by atoms with Gasteiger partial charge in [-0.2, -0.15) is 0 Å². The first-order chi connectivity index (χ1) is 21.9. The third kappa shape index (κ3) is 39.0. The molecule has 0 aromatic rings. The second kappa shape index (κ2) is 35.8. The minimum atomic E-state index is -0.0464. The van der Waals surface area contributed by atoms with Crippen molar-refractivity contribution in [2.75, 3.05) is 13.2 Å². The zero-order valence-electron chi connectivity index (χ0n) is 31.1. The Morgan fingerprint density at radius 2 is 0.556 bits per heavy atom. The van der Waals surface area contributed by atoms with Crippen molar-refractivity contribution >= 4 is 11.9 Å². The van der Waals surface area contributed by atoms with Crippen molar-refractivity contribution in [1.82, 2.24) is 0 Å². The number of carbonyl (C=O) groups excluding carboxylic acids is 2. The molecular weight excluding hydrogens is 556 g/mol. The van der Waals surface area contributed by atoms with Gasteiger partial charge in [0.05, 0.1) is 13.2 Å². The lowest BCUT2D eigenvalue weighted by Crippen LogP contribution is -2.06. The van der Waals surface area contributed by atoms with Crippen molar-refractivity contribution in [1.29, 1.82) is 0 Å². The standard InChI is InChI=1S/C41H80O4/c1-38(2)32-26-20-15-11-7-5-9-13-17-24-30-36-44-40(42)34-28-22-19-23-29-35-41(43)45-37-31-25-18-14-10-6-8-12-16-21-27-33-39(3)4/h38-39H,5-37H2,1-4H3. The highest BCUT2D eigenvalue weighted by molar-refractivity contribution is 5.69. The monoisotopic (exact) mass is 637 g/mol. The van der Waals surface area contributed by atoms with Crippen LogP contribution in [-0.2, 0) is 19.1 Å². The van der Waals surface area contributed by atoms with Crippen molar-refractivity contribution in [2.45, 2.75) is 227 Å². The van der Waals surface area contributed by atoms with Gasteiger partial charge in [-0.3, -0.25) is 9.59 Å². The Morgan fingerprint density at radius 1 is 0.333 bits per heavy atom. The van der Waals surface area contributed by atoms with E-state index in [1.807, 2.05) is 0 Å². The molecule has 0 amide bonds. The van der Waals surface area contributed by atoms with Gasteiger partial charge in [-0.15, -0.1) is 0 Å². The molecule has 0 aliphatic rings. The molecule has 0 saturated carbocycles. The second-order valence-electron chi connectivity index (χ2n) is 14.9. The first kappa shape index (κ1) is 43.9. The molecule has 0 fully saturated rings.